The van der Waals surface area contributed by atoms with Crippen molar-refractivity contribution in [2.45, 2.75) is 27.0 Å². The first kappa shape index (κ1) is 22.6. The highest BCUT2D eigenvalue weighted by atomic mass is 35.5. The van der Waals surface area contributed by atoms with Crippen molar-refractivity contribution in [2.24, 2.45) is 0 Å². The van der Waals surface area contributed by atoms with E-state index in [4.69, 9.17) is 16.3 Å². The van der Waals surface area contributed by atoms with Gasteiger partial charge in [-0.05, 0) is 73.5 Å². The molecule has 0 bridgehead atoms. The van der Waals surface area contributed by atoms with Crippen molar-refractivity contribution in [1.82, 2.24) is 9.78 Å². The summed E-state index contributed by atoms with van der Waals surface area (Å²) in [5.41, 5.74) is 4.43. The fourth-order valence-electron chi connectivity index (χ4n) is 3.48. The molecule has 33 heavy (non-hydrogen) atoms. The second-order valence-electron chi connectivity index (χ2n) is 7.73. The Bertz CT molecular complexity index is 1270. The largest absolute Gasteiger partial charge is 0.489 e. The average molecular weight is 464 g/mol. The maximum absolute atomic E-state index is 13.5. The lowest BCUT2D eigenvalue weighted by atomic mass is 10.1. The SMILES string of the molecule is Cc1nn(Cc2cccc(F)c2)c(C)c1NC(=O)c1ccc(COc2ccc(Cl)cc2)cc1. The van der Waals surface area contributed by atoms with Gasteiger partial charge in [-0.2, -0.15) is 5.10 Å². The van der Waals surface area contributed by atoms with E-state index in [1.807, 2.05) is 44.2 Å². The molecule has 1 amide bonds. The Labute approximate surface area is 196 Å². The van der Waals surface area contributed by atoms with E-state index in [9.17, 15) is 9.18 Å². The first-order valence-corrected chi connectivity index (χ1v) is 10.8. The van der Waals surface area contributed by atoms with Gasteiger partial charge in [-0.3, -0.25) is 9.48 Å². The summed E-state index contributed by atoms with van der Waals surface area (Å²) in [6, 6.07) is 20.8. The smallest absolute Gasteiger partial charge is 0.255 e. The molecule has 5 nitrogen and oxygen atoms in total. The normalized spacial score (nSPS) is 10.8. The van der Waals surface area contributed by atoms with Gasteiger partial charge in [-0.1, -0.05) is 35.9 Å². The van der Waals surface area contributed by atoms with Crippen molar-refractivity contribution >= 4 is 23.2 Å². The lowest BCUT2D eigenvalue weighted by molar-refractivity contribution is 0.102. The molecule has 1 heterocycles. The van der Waals surface area contributed by atoms with Crippen molar-refractivity contribution in [3.63, 3.8) is 0 Å². The monoisotopic (exact) mass is 463 g/mol. The van der Waals surface area contributed by atoms with Crippen LogP contribution in [0.3, 0.4) is 0 Å². The Morgan fingerprint density at radius 1 is 1.03 bits per heavy atom. The van der Waals surface area contributed by atoms with Crippen LogP contribution in [0, 0.1) is 19.7 Å². The van der Waals surface area contributed by atoms with Crippen LogP contribution >= 0.6 is 11.6 Å². The Morgan fingerprint density at radius 3 is 2.45 bits per heavy atom. The summed E-state index contributed by atoms with van der Waals surface area (Å²) in [4.78, 5) is 12.8. The van der Waals surface area contributed by atoms with Crippen LogP contribution in [0.15, 0.2) is 72.8 Å². The van der Waals surface area contributed by atoms with E-state index >= 15 is 0 Å². The van der Waals surface area contributed by atoms with E-state index in [-0.39, 0.29) is 11.7 Å². The zero-order chi connectivity index (χ0) is 23.4. The summed E-state index contributed by atoms with van der Waals surface area (Å²) >= 11 is 5.88. The number of nitrogens with one attached hydrogen (secondary N) is 1. The van der Waals surface area contributed by atoms with E-state index in [2.05, 4.69) is 10.4 Å². The molecule has 0 saturated heterocycles. The summed E-state index contributed by atoms with van der Waals surface area (Å²) in [7, 11) is 0. The van der Waals surface area contributed by atoms with Crippen LogP contribution in [0.4, 0.5) is 10.1 Å². The number of amides is 1. The zero-order valence-corrected chi connectivity index (χ0v) is 19.1. The van der Waals surface area contributed by atoms with E-state index in [0.717, 1.165) is 22.6 Å². The van der Waals surface area contributed by atoms with Gasteiger partial charge >= 0.3 is 0 Å². The number of aromatic nitrogens is 2. The number of carbonyl (C=O) groups is 1. The lowest BCUT2D eigenvalue weighted by Gasteiger charge is -2.09. The molecule has 0 aliphatic heterocycles. The van der Waals surface area contributed by atoms with Crippen LogP contribution in [0.1, 0.15) is 32.9 Å². The van der Waals surface area contributed by atoms with Gasteiger partial charge in [0.2, 0.25) is 0 Å². The molecule has 0 saturated carbocycles. The fourth-order valence-corrected chi connectivity index (χ4v) is 3.60. The molecule has 4 rings (SSSR count). The van der Waals surface area contributed by atoms with Gasteiger partial charge in [0.25, 0.3) is 5.91 Å². The number of carbonyl (C=O) groups excluding carboxylic acids is 1. The van der Waals surface area contributed by atoms with Gasteiger partial charge in [0, 0.05) is 10.6 Å². The lowest BCUT2D eigenvalue weighted by Crippen LogP contribution is -2.13. The molecule has 1 aromatic heterocycles. The quantitative estimate of drug-likeness (QED) is 0.356. The van der Waals surface area contributed by atoms with Crippen LogP contribution in [0.5, 0.6) is 5.75 Å². The van der Waals surface area contributed by atoms with E-state index < -0.39 is 0 Å². The summed E-state index contributed by atoms with van der Waals surface area (Å²) in [5.74, 6) is 0.212. The number of benzene rings is 3. The van der Waals surface area contributed by atoms with Gasteiger partial charge in [0.15, 0.2) is 0 Å². The Hall–Kier alpha value is -3.64. The summed E-state index contributed by atoms with van der Waals surface area (Å²) < 4.78 is 21.0. The predicted octanol–water partition coefficient (Wildman–Crippen LogP) is 6.17. The molecule has 7 heteroatoms. The Morgan fingerprint density at radius 2 is 1.76 bits per heavy atom. The first-order valence-electron chi connectivity index (χ1n) is 10.5. The molecule has 168 valence electrons. The number of hydrogen-bond acceptors (Lipinski definition) is 3. The van der Waals surface area contributed by atoms with Crippen LogP contribution in [0.2, 0.25) is 5.02 Å². The third-order valence-corrected chi connectivity index (χ3v) is 5.53. The number of hydrogen-bond donors (Lipinski definition) is 1. The van der Waals surface area contributed by atoms with Crippen molar-refractivity contribution in [3.8, 4) is 5.75 Å². The van der Waals surface area contributed by atoms with Gasteiger partial charge < -0.3 is 10.1 Å². The molecule has 0 aliphatic carbocycles. The van der Waals surface area contributed by atoms with Crippen LogP contribution in [0.25, 0.3) is 0 Å². The van der Waals surface area contributed by atoms with Crippen LogP contribution in [-0.2, 0) is 13.2 Å². The van der Waals surface area contributed by atoms with Crippen LogP contribution in [-0.4, -0.2) is 15.7 Å². The van der Waals surface area contributed by atoms with Gasteiger partial charge in [-0.25, -0.2) is 4.39 Å². The molecular formula is C26H23ClFN3O2. The standard InChI is InChI=1S/C26H23ClFN3O2/c1-17-25(18(2)31(30-17)15-20-4-3-5-23(28)14-20)29-26(32)21-8-6-19(7-9-21)16-33-24-12-10-22(27)11-13-24/h3-14H,15-16H2,1-2H3,(H,29,32). The molecule has 3 aromatic carbocycles. The van der Waals surface area contributed by atoms with Crippen LogP contribution < -0.4 is 10.1 Å². The summed E-state index contributed by atoms with van der Waals surface area (Å²) in [6.07, 6.45) is 0. The second kappa shape index (κ2) is 9.88. The van der Waals surface area contributed by atoms with E-state index in [0.29, 0.717) is 35.1 Å². The highest BCUT2D eigenvalue weighted by Gasteiger charge is 2.16. The van der Waals surface area contributed by atoms with E-state index in [1.54, 1.807) is 35.0 Å². The third kappa shape index (κ3) is 5.59. The van der Waals surface area contributed by atoms with Gasteiger partial charge in [0.05, 0.1) is 23.6 Å². The van der Waals surface area contributed by atoms with Gasteiger partial charge in [-0.15, -0.1) is 0 Å². The van der Waals surface area contributed by atoms with Crippen molar-refractivity contribution < 1.29 is 13.9 Å². The molecule has 0 fully saturated rings. The molecular weight excluding hydrogens is 441 g/mol. The van der Waals surface area contributed by atoms with E-state index in [1.165, 1.54) is 12.1 Å². The Kier molecular flexibility index (Phi) is 6.75. The number of anilines is 1. The first-order chi connectivity index (χ1) is 15.9. The third-order valence-electron chi connectivity index (χ3n) is 5.28. The molecule has 0 radical (unpaired) electrons. The molecule has 0 atom stereocenters. The maximum atomic E-state index is 13.5. The molecule has 4 aromatic rings. The number of rotatable bonds is 7. The fraction of sp³-hybridized carbons (Fsp3) is 0.154. The molecule has 0 unspecified atom stereocenters. The topological polar surface area (TPSA) is 56.2 Å². The minimum absolute atomic E-state index is 0.225. The minimum Gasteiger partial charge on any atom is -0.489 e. The van der Waals surface area contributed by atoms with Crippen molar-refractivity contribution in [2.75, 3.05) is 5.32 Å². The van der Waals surface area contributed by atoms with Gasteiger partial charge in [0.1, 0.15) is 18.2 Å². The highest BCUT2D eigenvalue weighted by molar-refractivity contribution is 6.30. The average Bonchev–Trinajstić information content (AvgIpc) is 3.06. The number of halogens is 2. The second-order valence-corrected chi connectivity index (χ2v) is 8.16. The summed E-state index contributed by atoms with van der Waals surface area (Å²) in [5, 5.41) is 8.12. The number of ether oxygens (including phenoxy) is 1. The molecule has 0 aliphatic rings. The maximum Gasteiger partial charge on any atom is 0.255 e. The predicted molar refractivity (Wildman–Crippen MR) is 127 cm³/mol. The number of aryl methyl sites for hydroxylation is 1. The van der Waals surface area contributed by atoms with Crippen molar-refractivity contribution in [1.29, 1.82) is 0 Å². The highest BCUT2D eigenvalue weighted by Crippen LogP contribution is 2.22. The summed E-state index contributed by atoms with van der Waals surface area (Å²) in [6.45, 7) is 4.52. The van der Waals surface area contributed by atoms with Crippen molar-refractivity contribution in [3.05, 3.63) is 112 Å². The minimum atomic E-state index is -0.287. The number of nitrogens with zero attached hydrogens (tertiary/aromatic N) is 2. The Balaban J connectivity index is 1.40. The zero-order valence-electron chi connectivity index (χ0n) is 18.3. The molecule has 0 spiro atoms. The molecule has 1 N–H and O–H groups in total.